The van der Waals surface area contributed by atoms with Gasteiger partial charge in [-0.05, 0) is 34.6 Å². The number of rotatable bonds is 3. The van der Waals surface area contributed by atoms with Crippen LogP contribution in [0.1, 0.15) is 5.69 Å². The van der Waals surface area contributed by atoms with Crippen molar-refractivity contribution in [1.82, 2.24) is 3.97 Å². The molecule has 1 heterocycles. The van der Waals surface area contributed by atoms with Crippen molar-refractivity contribution in [3.63, 3.8) is 0 Å². The smallest absolute Gasteiger partial charge is 0.236 e. The third-order valence-electron chi connectivity index (χ3n) is 1.60. The summed E-state index contributed by atoms with van der Waals surface area (Å²) in [5.41, 5.74) is 6.06. The summed E-state index contributed by atoms with van der Waals surface area (Å²) in [6.45, 7) is 0.436. The summed E-state index contributed by atoms with van der Waals surface area (Å²) in [6, 6.07) is 3.45. The molecule has 0 radical (unpaired) electrons. The molecule has 0 unspecified atom stereocenters. The van der Waals surface area contributed by atoms with E-state index in [4.69, 9.17) is 5.73 Å². The molecule has 0 aromatic carbocycles. The Balaban J connectivity index is 3.25. The van der Waals surface area contributed by atoms with Crippen LogP contribution in [0.4, 0.5) is 0 Å². The molecule has 1 aromatic heterocycles. The molecule has 0 bridgehead atoms. The first-order chi connectivity index (χ1) is 5.96. The Kier molecular flexibility index (Phi) is 3.15. The Morgan fingerprint density at radius 1 is 1.54 bits per heavy atom. The van der Waals surface area contributed by atoms with Crippen LogP contribution in [0.2, 0.25) is 0 Å². The molecule has 0 saturated carbocycles. The highest BCUT2D eigenvalue weighted by Gasteiger charge is 2.13. The summed E-state index contributed by atoms with van der Waals surface area (Å²) in [6.07, 6.45) is 1.72. The SMILES string of the molecule is CS(=O)(=O)n1c(Br)ccc1CCN. The van der Waals surface area contributed by atoms with Gasteiger partial charge in [-0.1, -0.05) is 0 Å². The minimum atomic E-state index is -3.23. The van der Waals surface area contributed by atoms with Crippen LogP contribution in [0.3, 0.4) is 0 Å². The first-order valence-electron chi connectivity index (χ1n) is 3.73. The van der Waals surface area contributed by atoms with E-state index in [1.54, 1.807) is 12.1 Å². The van der Waals surface area contributed by atoms with Gasteiger partial charge in [0.05, 0.1) is 10.9 Å². The van der Waals surface area contributed by atoms with Crippen molar-refractivity contribution in [3.8, 4) is 0 Å². The van der Waals surface area contributed by atoms with Crippen molar-refractivity contribution in [2.75, 3.05) is 12.8 Å². The first kappa shape index (κ1) is 10.7. The largest absolute Gasteiger partial charge is 0.330 e. The standard InChI is InChI=1S/C7H11BrN2O2S/c1-13(11,12)10-6(4-5-9)2-3-7(10)8/h2-3H,4-5,9H2,1H3. The van der Waals surface area contributed by atoms with Crippen LogP contribution < -0.4 is 5.73 Å². The molecule has 6 heteroatoms. The van der Waals surface area contributed by atoms with Crippen molar-refractivity contribution < 1.29 is 8.42 Å². The average molecular weight is 267 g/mol. The fourth-order valence-corrected chi connectivity index (χ4v) is 3.25. The molecule has 0 saturated heterocycles. The van der Waals surface area contributed by atoms with Crippen LogP contribution in [0.5, 0.6) is 0 Å². The van der Waals surface area contributed by atoms with E-state index in [1.165, 1.54) is 3.97 Å². The van der Waals surface area contributed by atoms with E-state index < -0.39 is 10.0 Å². The minimum absolute atomic E-state index is 0.436. The third kappa shape index (κ3) is 2.32. The molecular formula is C7H11BrN2O2S. The molecule has 0 fully saturated rings. The third-order valence-corrected chi connectivity index (χ3v) is 3.55. The van der Waals surface area contributed by atoms with Crippen LogP contribution >= 0.6 is 15.9 Å². The van der Waals surface area contributed by atoms with E-state index in [0.717, 1.165) is 6.26 Å². The van der Waals surface area contributed by atoms with Crippen molar-refractivity contribution >= 4 is 26.0 Å². The zero-order valence-electron chi connectivity index (χ0n) is 7.20. The van der Waals surface area contributed by atoms with Gasteiger partial charge in [0.2, 0.25) is 10.0 Å². The first-order valence-corrected chi connectivity index (χ1v) is 6.37. The molecule has 0 aliphatic carbocycles. The lowest BCUT2D eigenvalue weighted by molar-refractivity contribution is 0.590. The van der Waals surface area contributed by atoms with Crippen LogP contribution in [-0.2, 0) is 16.4 Å². The Morgan fingerprint density at radius 2 is 2.15 bits per heavy atom. The molecule has 4 nitrogen and oxygen atoms in total. The van der Waals surface area contributed by atoms with Gasteiger partial charge in [-0.25, -0.2) is 12.4 Å². The van der Waals surface area contributed by atoms with Gasteiger partial charge in [0.1, 0.15) is 0 Å². The lowest BCUT2D eigenvalue weighted by atomic mass is 10.3. The number of hydrogen-bond acceptors (Lipinski definition) is 3. The molecule has 0 aliphatic heterocycles. The second-order valence-corrected chi connectivity index (χ2v) is 5.36. The molecule has 0 atom stereocenters. The zero-order valence-corrected chi connectivity index (χ0v) is 9.60. The predicted molar refractivity (Wildman–Crippen MR) is 55.1 cm³/mol. The highest BCUT2D eigenvalue weighted by Crippen LogP contribution is 2.17. The van der Waals surface area contributed by atoms with Crippen molar-refractivity contribution in [1.29, 1.82) is 0 Å². The molecular weight excluding hydrogens is 256 g/mol. The molecule has 13 heavy (non-hydrogen) atoms. The van der Waals surface area contributed by atoms with E-state index >= 15 is 0 Å². The normalized spacial score (nSPS) is 11.9. The maximum absolute atomic E-state index is 11.3. The van der Waals surface area contributed by atoms with Gasteiger partial charge in [0.25, 0.3) is 0 Å². The van der Waals surface area contributed by atoms with Gasteiger partial charge >= 0.3 is 0 Å². The summed E-state index contributed by atoms with van der Waals surface area (Å²) in [5.74, 6) is 0. The maximum atomic E-state index is 11.3. The monoisotopic (exact) mass is 266 g/mol. The van der Waals surface area contributed by atoms with Gasteiger partial charge in [0.15, 0.2) is 0 Å². The van der Waals surface area contributed by atoms with Crippen LogP contribution in [-0.4, -0.2) is 25.2 Å². The highest BCUT2D eigenvalue weighted by molar-refractivity contribution is 9.10. The molecule has 0 amide bonds. The lowest BCUT2D eigenvalue weighted by Gasteiger charge is -2.06. The lowest BCUT2D eigenvalue weighted by Crippen LogP contribution is -2.15. The number of aromatic nitrogens is 1. The van der Waals surface area contributed by atoms with Gasteiger partial charge in [-0.15, -0.1) is 0 Å². The number of nitrogens with zero attached hydrogens (tertiary/aromatic N) is 1. The predicted octanol–water partition coefficient (Wildman–Crippen LogP) is 0.559. The van der Waals surface area contributed by atoms with Crippen LogP contribution in [0.25, 0.3) is 0 Å². The summed E-state index contributed by atoms with van der Waals surface area (Å²) in [7, 11) is -3.23. The quantitative estimate of drug-likeness (QED) is 0.870. The van der Waals surface area contributed by atoms with Gasteiger partial charge in [-0.2, -0.15) is 0 Å². The Morgan fingerprint density at radius 3 is 2.62 bits per heavy atom. The van der Waals surface area contributed by atoms with E-state index in [0.29, 0.717) is 23.3 Å². The van der Waals surface area contributed by atoms with E-state index in [2.05, 4.69) is 15.9 Å². The Bertz CT molecular complexity index is 397. The molecule has 1 aromatic rings. The fraction of sp³-hybridized carbons (Fsp3) is 0.429. The molecule has 1 rings (SSSR count). The fourth-order valence-electron chi connectivity index (χ4n) is 1.14. The Hall–Kier alpha value is -0.330. The van der Waals surface area contributed by atoms with E-state index in [9.17, 15) is 8.42 Å². The molecule has 0 spiro atoms. The second-order valence-electron chi connectivity index (χ2n) is 2.71. The van der Waals surface area contributed by atoms with Gasteiger partial charge in [0, 0.05) is 12.1 Å². The summed E-state index contributed by atoms with van der Waals surface area (Å²) in [4.78, 5) is 0. The second kappa shape index (κ2) is 3.81. The average Bonchev–Trinajstić information content (AvgIpc) is 2.31. The Labute approximate surface area is 85.9 Å². The summed E-state index contributed by atoms with van der Waals surface area (Å²) in [5, 5.41) is 0. The molecule has 2 N–H and O–H groups in total. The number of hydrogen-bond donors (Lipinski definition) is 1. The van der Waals surface area contributed by atoms with E-state index in [-0.39, 0.29) is 0 Å². The molecule has 0 aliphatic rings. The minimum Gasteiger partial charge on any atom is -0.330 e. The van der Waals surface area contributed by atoms with Crippen molar-refractivity contribution in [2.24, 2.45) is 5.73 Å². The summed E-state index contributed by atoms with van der Waals surface area (Å²) >= 11 is 3.17. The van der Waals surface area contributed by atoms with Crippen molar-refractivity contribution in [3.05, 3.63) is 22.4 Å². The van der Waals surface area contributed by atoms with Crippen LogP contribution in [0.15, 0.2) is 16.7 Å². The maximum Gasteiger partial charge on any atom is 0.236 e. The molecule has 74 valence electrons. The van der Waals surface area contributed by atoms with Crippen LogP contribution in [0, 0.1) is 0 Å². The van der Waals surface area contributed by atoms with Gasteiger partial charge < -0.3 is 5.73 Å². The van der Waals surface area contributed by atoms with E-state index in [1.807, 2.05) is 0 Å². The highest BCUT2D eigenvalue weighted by atomic mass is 79.9. The van der Waals surface area contributed by atoms with Crippen molar-refractivity contribution in [2.45, 2.75) is 6.42 Å². The number of nitrogens with two attached hydrogens (primary N) is 1. The zero-order chi connectivity index (χ0) is 10.1. The summed E-state index contributed by atoms with van der Waals surface area (Å²) < 4.78 is 24.4. The number of halogens is 1. The van der Waals surface area contributed by atoms with Gasteiger partial charge in [-0.3, -0.25) is 0 Å². The topological polar surface area (TPSA) is 65.1 Å².